The smallest absolute Gasteiger partial charge is 0.204 e. The number of guanidine groups is 1. The summed E-state index contributed by atoms with van der Waals surface area (Å²) in [5.41, 5.74) is 1.63. The maximum Gasteiger partial charge on any atom is 0.204 e. The Balaban J connectivity index is 2.00. The summed E-state index contributed by atoms with van der Waals surface area (Å²) in [6, 6.07) is 3.63. The van der Waals surface area contributed by atoms with Crippen LogP contribution in [0.25, 0.3) is 0 Å². The van der Waals surface area contributed by atoms with Crippen molar-refractivity contribution in [3.05, 3.63) is 47.3 Å². The van der Waals surface area contributed by atoms with Gasteiger partial charge in [0.15, 0.2) is 17.6 Å². The number of imidazole rings is 1. The number of nitrogens with one attached hydrogen (secondary N) is 2. The van der Waals surface area contributed by atoms with E-state index in [1.807, 2.05) is 37.5 Å². The summed E-state index contributed by atoms with van der Waals surface area (Å²) >= 11 is 0. The van der Waals surface area contributed by atoms with E-state index in [4.69, 9.17) is 0 Å². The molecule has 0 saturated carbocycles. The summed E-state index contributed by atoms with van der Waals surface area (Å²) in [5.74, 6) is -0.300. The predicted molar refractivity (Wildman–Crippen MR) is 95.6 cm³/mol. The molecule has 0 spiro atoms. The van der Waals surface area contributed by atoms with Crippen LogP contribution in [0.4, 0.5) is 14.7 Å². The topological polar surface area (TPSA) is 57.5 Å². The van der Waals surface area contributed by atoms with Gasteiger partial charge in [0.25, 0.3) is 0 Å². The molecule has 0 aliphatic carbocycles. The molecule has 0 aliphatic heterocycles. The molecule has 2 aromatic rings. The van der Waals surface area contributed by atoms with Crippen LogP contribution in [0.2, 0.25) is 0 Å². The minimum atomic E-state index is -0.861. The van der Waals surface area contributed by atoms with E-state index in [1.54, 1.807) is 19.3 Å². The van der Waals surface area contributed by atoms with Gasteiger partial charge in [-0.05, 0) is 24.6 Å². The molecule has 0 aliphatic rings. The zero-order valence-electron chi connectivity index (χ0n) is 15.1. The van der Waals surface area contributed by atoms with Crippen LogP contribution in [-0.4, -0.2) is 36.7 Å². The molecule has 136 valence electrons. The van der Waals surface area contributed by atoms with E-state index in [0.29, 0.717) is 18.1 Å². The third-order valence-electron chi connectivity index (χ3n) is 3.92. The fraction of sp³-hybridized carbons (Fsp3) is 0.412. The number of hydrogen-bond acceptors (Lipinski definition) is 3. The highest BCUT2D eigenvalue weighted by molar-refractivity contribution is 5.80. The Bertz CT molecular complexity index is 754. The van der Waals surface area contributed by atoms with Gasteiger partial charge >= 0.3 is 0 Å². The highest BCUT2D eigenvalue weighted by atomic mass is 19.2. The Morgan fingerprint density at radius 1 is 1.32 bits per heavy atom. The number of aromatic nitrogens is 2. The normalized spacial score (nSPS) is 12.8. The molecule has 2 rings (SSSR count). The Labute approximate surface area is 146 Å². The van der Waals surface area contributed by atoms with Crippen molar-refractivity contribution in [1.82, 2.24) is 20.2 Å². The molecule has 6 nitrogen and oxygen atoms in total. The van der Waals surface area contributed by atoms with Crippen LogP contribution in [0, 0.1) is 11.6 Å². The van der Waals surface area contributed by atoms with Crippen LogP contribution in [0.1, 0.15) is 24.2 Å². The first-order chi connectivity index (χ1) is 11.8. The first-order valence-corrected chi connectivity index (χ1v) is 7.93. The number of benzene rings is 1. The van der Waals surface area contributed by atoms with E-state index in [9.17, 15) is 8.78 Å². The number of nitrogens with zero attached hydrogens (tertiary/aromatic N) is 4. The zero-order chi connectivity index (χ0) is 18.6. The minimum absolute atomic E-state index is 0.231. The van der Waals surface area contributed by atoms with Gasteiger partial charge in [-0.3, -0.25) is 4.99 Å². The van der Waals surface area contributed by atoms with E-state index >= 15 is 0 Å². The third kappa shape index (κ3) is 4.46. The monoisotopic (exact) mass is 350 g/mol. The maximum absolute atomic E-state index is 13.4. The Morgan fingerprint density at radius 2 is 2.04 bits per heavy atom. The molecule has 25 heavy (non-hydrogen) atoms. The average molecular weight is 350 g/mol. The molecule has 1 atom stereocenters. The summed E-state index contributed by atoms with van der Waals surface area (Å²) < 4.78 is 28.4. The second kappa shape index (κ2) is 7.96. The van der Waals surface area contributed by atoms with Gasteiger partial charge in [0, 0.05) is 28.2 Å². The summed E-state index contributed by atoms with van der Waals surface area (Å²) in [6.07, 6.45) is 1.80. The molecule has 0 saturated heterocycles. The van der Waals surface area contributed by atoms with Crippen LogP contribution in [0.3, 0.4) is 0 Å². The molecule has 0 fully saturated rings. The standard InChI is InChI=1S/C17H24F2N6/c1-11(12-6-7-14(18)15(19)8-12)23-16(20-2)21-9-13-10-22-17(24(3)4)25(13)5/h6-8,10-11H,9H2,1-5H3,(H2,20,21,23). The van der Waals surface area contributed by atoms with Crippen molar-refractivity contribution in [2.75, 3.05) is 26.0 Å². The van der Waals surface area contributed by atoms with Crippen molar-refractivity contribution in [3.8, 4) is 0 Å². The van der Waals surface area contributed by atoms with E-state index < -0.39 is 11.6 Å². The summed E-state index contributed by atoms with van der Waals surface area (Å²) in [4.78, 5) is 10.5. The molecule has 2 N–H and O–H groups in total. The average Bonchev–Trinajstić information content (AvgIpc) is 2.94. The van der Waals surface area contributed by atoms with Gasteiger partial charge in [-0.15, -0.1) is 0 Å². The fourth-order valence-corrected chi connectivity index (χ4v) is 2.45. The molecular weight excluding hydrogens is 326 g/mol. The lowest BCUT2D eigenvalue weighted by molar-refractivity contribution is 0.504. The molecule has 0 radical (unpaired) electrons. The first-order valence-electron chi connectivity index (χ1n) is 7.93. The molecular formula is C17H24F2N6. The van der Waals surface area contributed by atoms with Crippen LogP contribution in [0.5, 0.6) is 0 Å². The van der Waals surface area contributed by atoms with Crippen LogP contribution >= 0.6 is 0 Å². The van der Waals surface area contributed by atoms with Crippen molar-refractivity contribution in [3.63, 3.8) is 0 Å². The van der Waals surface area contributed by atoms with Gasteiger partial charge in [0.2, 0.25) is 5.95 Å². The second-order valence-electron chi connectivity index (χ2n) is 5.97. The van der Waals surface area contributed by atoms with Gasteiger partial charge in [-0.2, -0.15) is 0 Å². The number of aliphatic imine (C=N–C) groups is 1. The van der Waals surface area contributed by atoms with Gasteiger partial charge in [-0.1, -0.05) is 6.07 Å². The van der Waals surface area contributed by atoms with Crippen LogP contribution in [0.15, 0.2) is 29.4 Å². The molecule has 1 unspecified atom stereocenters. The summed E-state index contributed by atoms with van der Waals surface area (Å²) in [6.45, 7) is 2.38. The maximum atomic E-state index is 13.4. The number of halogens is 2. The lowest BCUT2D eigenvalue weighted by Crippen LogP contribution is -2.38. The lowest BCUT2D eigenvalue weighted by Gasteiger charge is -2.19. The molecule has 8 heteroatoms. The number of hydrogen-bond donors (Lipinski definition) is 2. The van der Waals surface area contributed by atoms with E-state index in [0.717, 1.165) is 17.7 Å². The van der Waals surface area contributed by atoms with E-state index in [-0.39, 0.29) is 6.04 Å². The largest absolute Gasteiger partial charge is 0.351 e. The van der Waals surface area contributed by atoms with Gasteiger partial charge in [-0.25, -0.2) is 13.8 Å². The second-order valence-corrected chi connectivity index (χ2v) is 5.97. The number of rotatable bonds is 5. The minimum Gasteiger partial charge on any atom is -0.351 e. The van der Waals surface area contributed by atoms with Crippen LogP contribution in [-0.2, 0) is 13.6 Å². The van der Waals surface area contributed by atoms with Crippen molar-refractivity contribution >= 4 is 11.9 Å². The zero-order valence-corrected chi connectivity index (χ0v) is 15.1. The molecule has 1 aromatic heterocycles. The van der Waals surface area contributed by atoms with Gasteiger partial charge in [0.1, 0.15) is 0 Å². The Morgan fingerprint density at radius 3 is 2.60 bits per heavy atom. The van der Waals surface area contributed by atoms with E-state index in [2.05, 4.69) is 20.6 Å². The fourth-order valence-electron chi connectivity index (χ4n) is 2.45. The highest BCUT2D eigenvalue weighted by Crippen LogP contribution is 2.16. The number of anilines is 1. The first kappa shape index (κ1) is 18.7. The van der Waals surface area contributed by atoms with Crippen molar-refractivity contribution < 1.29 is 8.78 Å². The summed E-state index contributed by atoms with van der Waals surface area (Å²) in [7, 11) is 7.47. The SMILES string of the molecule is CN=C(NCc1cnc(N(C)C)n1C)NC(C)c1ccc(F)c(F)c1. The Kier molecular flexibility index (Phi) is 5.95. The van der Waals surface area contributed by atoms with E-state index in [1.165, 1.54) is 6.07 Å². The molecule has 1 heterocycles. The molecule has 1 aromatic carbocycles. The van der Waals surface area contributed by atoms with Gasteiger partial charge < -0.3 is 20.1 Å². The predicted octanol–water partition coefficient (Wildman–Crippen LogP) is 2.19. The van der Waals surface area contributed by atoms with Crippen molar-refractivity contribution in [1.29, 1.82) is 0 Å². The summed E-state index contributed by atoms with van der Waals surface area (Å²) in [5, 5.41) is 6.36. The third-order valence-corrected chi connectivity index (χ3v) is 3.92. The molecule has 0 bridgehead atoms. The molecule has 0 amide bonds. The van der Waals surface area contributed by atoms with Crippen molar-refractivity contribution in [2.24, 2.45) is 12.0 Å². The Hall–Kier alpha value is -2.64. The van der Waals surface area contributed by atoms with Crippen LogP contribution < -0.4 is 15.5 Å². The van der Waals surface area contributed by atoms with Gasteiger partial charge in [0.05, 0.1) is 24.5 Å². The lowest BCUT2D eigenvalue weighted by atomic mass is 10.1. The quantitative estimate of drug-likeness (QED) is 0.641. The van der Waals surface area contributed by atoms with Crippen molar-refractivity contribution in [2.45, 2.75) is 19.5 Å². The highest BCUT2D eigenvalue weighted by Gasteiger charge is 2.12.